The second kappa shape index (κ2) is 6.53. The fourth-order valence-corrected chi connectivity index (χ4v) is 4.18. The molecule has 1 saturated heterocycles. The highest BCUT2D eigenvalue weighted by molar-refractivity contribution is 7.20. The number of piperidine rings is 1. The number of aryl methyl sites for hydroxylation is 1. The van der Waals surface area contributed by atoms with Crippen LogP contribution in [-0.2, 0) is 4.79 Å². The third-order valence-electron chi connectivity index (χ3n) is 4.59. The van der Waals surface area contributed by atoms with Crippen molar-refractivity contribution >= 4 is 27.4 Å². The Balaban J connectivity index is 1.72. The molecule has 1 aliphatic rings. The monoisotopic (exact) mass is 370 g/mol. The number of aromatic nitrogens is 3. The van der Waals surface area contributed by atoms with Crippen LogP contribution >= 0.6 is 11.3 Å². The van der Waals surface area contributed by atoms with Gasteiger partial charge in [0.25, 0.3) is 5.56 Å². The highest BCUT2D eigenvalue weighted by Gasteiger charge is 2.27. The van der Waals surface area contributed by atoms with Crippen molar-refractivity contribution in [1.82, 2.24) is 14.6 Å². The van der Waals surface area contributed by atoms with E-state index in [0.717, 1.165) is 24.1 Å². The Hall–Kier alpha value is -2.74. The lowest BCUT2D eigenvalue weighted by molar-refractivity contribution is -0.141. The minimum atomic E-state index is -0.784. The molecule has 1 N–H and O–H groups in total. The number of benzene rings is 1. The molecule has 0 radical (unpaired) electrons. The fraction of sp³-hybridized carbons (Fsp3) is 0.333. The Kier molecular flexibility index (Phi) is 4.20. The van der Waals surface area contributed by atoms with E-state index in [1.165, 1.54) is 21.9 Å². The van der Waals surface area contributed by atoms with E-state index in [4.69, 9.17) is 0 Å². The molecule has 1 unspecified atom stereocenters. The molecule has 0 amide bonds. The van der Waals surface area contributed by atoms with Crippen molar-refractivity contribution in [3.8, 4) is 11.3 Å². The lowest BCUT2D eigenvalue weighted by Crippen LogP contribution is -2.38. The average Bonchev–Trinajstić information content (AvgIpc) is 3.07. The van der Waals surface area contributed by atoms with E-state index in [9.17, 15) is 14.7 Å². The maximum Gasteiger partial charge on any atom is 0.308 e. The third kappa shape index (κ3) is 3.08. The number of carbonyl (C=O) groups is 1. The van der Waals surface area contributed by atoms with Crippen molar-refractivity contribution in [2.75, 3.05) is 18.0 Å². The van der Waals surface area contributed by atoms with E-state index >= 15 is 0 Å². The summed E-state index contributed by atoms with van der Waals surface area (Å²) < 4.78 is 1.30. The van der Waals surface area contributed by atoms with Crippen molar-refractivity contribution in [2.24, 2.45) is 5.92 Å². The molecule has 7 nitrogen and oxygen atoms in total. The van der Waals surface area contributed by atoms with Gasteiger partial charge in [0.2, 0.25) is 10.1 Å². The lowest BCUT2D eigenvalue weighted by atomic mass is 9.99. The topological polar surface area (TPSA) is 87.8 Å². The second-order valence-corrected chi connectivity index (χ2v) is 7.49. The van der Waals surface area contributed by atoms with Crippen LogP contribution < -0.4 is 10.5 Å². The Morgan fingerprint density at radius 2 is 2.19 bits per heavy atom. The average molecular weight is 370 g/mol. The van der Waals surface area contributed by atoms with Crippen molar-refractivity contribution in [3.63, 3.8) is 0 Å². The molecular formula is C18H18N4O3S. The van der Waals surface area contributed by atoms with Crippen LogP contribution in [0.5, 0.6) is 0 Å². The predicted molar refractivity (Wildman–Crippen MR) is 99.9 cm³/mol. The molecule has 3 heterocycles. The summed E-state index contributed by atoms with van der Waals surface area (Å²) in [6, 6.07) is 9.33. The summed E-state index contributed by atoms with van der Waals surface area (Å²) in [5, 5.41) is 14.3. The van der Waals surface area contributed by atoms with Gasteiger partial charge in [0, 0.05) is 24.7 Å². The zero-order valence-corrected chi connectivity index (χ0v) is 15.1. The van der Waals surface area contributed by atoms with Crippen LogP contribution in [0.15, 0.2) is 35.1 Å². The molecule has 1 atom stereocenters. The van der Waals surface area contributed by atoms with Gasteiger partial charge < -0.3 is 10.0 Å². The van der Waals surface area contributed by atoms with Gasteiger partial charge in [-0.1, -0.05) is 35.1 Å². The summed E-state index contributed by atoms with van der Waals surface area (Å²) in [7, 11) is 0. The van der Waals surface area contributed by atoms with Gasteiger partial charge in [-0.2, -0.15) is 4.52 Å². The first-order valence-electron chi connectivity index (χ1n) is 8.47. The van der Waals surface area contributed by atoms with E-state index in [1.807, 2.05) is 36.1 Å². The second-order valence-electron chi connectivity index (χ2n) is 6.55. The van der Waals surface area contributed by atoms with Crippen LogP contribution in [0.3, 0.4) is 0 Å². The van der Waals surface area contributed by atoms with E-state index in [0.29, 0.717) is 28.8 Å². The summed E-state index contributed by atoms with van der Waals surface area (Å²) in [5.74, 6) is -1.18. The normalized spacial score (nSPS) is 17.6. The summed E-state index contributed by atoms with van der Waals surface area (Å²) >= 11 is 1.32. The summed E-state index contributed by atoms with van der Waals surface area (Å²) in [5.41, 5.74) is 2.38. The van der Waals surface area contributed by atoms with Gasteiger partial charge >= 0.3 is 5.97 Å². The molecule has 134 valence electrons. The molecule has 0 spiro atoms. The third-order valence-corrected chi connectivity index (χ3v) is 5.56. The number of hydrogen-bond acceptors (Lipinski definition) is 6. The summed E-state index contributed by atoms with van der Waals surface area (Å²) in [6.07, 6.45) is 1.47. The zero-order valence-electron chi connectivity index (χ0n) is 14.3. The fourth-order valence-electron chi connectivity index (χ4n) is 3.23. The highest BCUT2D eigenvalue weighted by atomic mass is 32.1. The first-order valence-corrected chi connectivity index (χ1v) is 9.28. The smallest absolute Gasteiger partial charge is 0.308 e. The van der Waals surface area contributed by atoms with Gasteiger partial charge in [-0.05, 0) is 25.8 Å². The Labute approximate surface area is 153 Å². The number of anilines is 1. The SMILES string of the molecule is Cc1cccc(-c2cc(=O)n3nc(N4CCCC(C(=O)O)C4)sc3n2)c1. The van der Waals surface area contributed by atoms with E-state index < -0.39 is 11.9 Å². The molecule has 4 rings (SSSR count). The number of fused-ring (bicyclic) bond motifs is 1. The molecule has 8 heteroatoms. The Morgan fingerprint density at radius 3 is 2.96 bits per heavy atom. The van der Waals surface area contributed by atoms with Gasteiger partial charge in [-0.15, -0.1) is 5.10 Å². The molecule has 0 saturated carbocycles. The molecule has 0 bridgehead atoms. The first kappa shape index (κ1) is 16.7. The maximum absolute atomic E-state index is 12.5. The summed E-state index contributed by atoms with van der Waals surface area (Å²) in [4.78, 5) is 30.8. The van der Waals surface area contributed by atoms with Gasteiger partial charge in [-0.3, -0.25) is 9.59 Å². The molecule has 1 fully saturated rings. The number of rotatable bonds is 3. The molecule has 3 aromatic rings. The van der Waals surface area contributed by atoms with Crippen LogP contribution in [0.25, 0.3) is 16.2 Å². The Morgan fingerprint density at radius 1 is 1.35 bits per heavy atom. The maximum atomic E-state index is 12.5. The standard InChI is InChI=1S/C18H18N4O3S/c1-11-4-2-5-12(8-11)14-9-15(23)22-17(19-14)26-18(20-22)21-7-3-6-13(10-21)16(24)25/h2,4-5,8-9,13H,3,6-7,10H2,1H3,(H,24,25). The predicted octanol–water partition coefficient (Wildman–Crippen LogP) is 2.43. The van der Waals surface area contributed by atoms with Crippen molar-refractivity contribution in [3.05, 3.63) is 46.2 Å². The van der Waals surface area contributed by atoms with E-state index in [-0.39, 0.29) is 5.56 Å². The number of aliphatic carboxylic acids is 1. The van der Waals surface area contributed by atoms with Crippen molar-refractivity contribution in [2.45, 2.75) is 19.8 Å². The number of hydrogen-bond donors (Lipinski definition) is 1. The van der Waals surface area contributed by atoms with Crippen molar-refractivity contribution in [1.29, 1.82) is 0 Å². The van der Waals surface area contributed by atoms with E-state index in [2.05, 4.69) is 10.1 Å². The van der Waals surface area contributed by atoms with Crippen LogP contribution in [0, 0.1) is 12.8 Å². The minimum absolute atomic E-state index is 0.235. The molecule has 1 aromatic carbocycles. The van der Waals surface area contributed by atoms with Crippen LogP contribution in [-0.4, -0.2) is 38.8 Å². The largest absolute Gasteiger partial charge is 0.481 e. The molecule has 0 aliphatic carbocycles. The number of carboxylic acids is 1. The quantitative estimate of drug-likeness (QED) is 0.762. The highest BCUT2D eigenvalue weighted by Crippen LogP contribution is 2.28. The van der Waals surface area contributed by atoms with Gasteiger partial charge in [0.15, 0.2) is 0 Å². The van der Waals surface area contributed by atoms with Gasteiger partial charge in [-0.25, -0.2) is 4.98 Å². The van der Waals surface area contributed by atoms with Crippen molar-refractivity contribution < 1.29 is 9.90 Å². The van der Waals surface area contributed by atoms with Crippen LogP contribution in [0.4, 0.5) is 5.13 Å². The van der Waals surface area contributed by atoms with E-state index in [1.54, 1.807) is 0 Å². The number of nitrogens with zero attached hydrogens (tertiary/aromatic N) is 4. The zero-order chi connectivity index (χ0) is 18.3. The summed E-state index contributed by atoms with van der Waals surface area (Å²) in [6.45, 7) is 3.15. The van der Waals surface area contributed by atoms with Gasteiger partial charge in [0.1, 0.15) is 0 Å². The van der Waals surface area contributed by atoms with Crippen LogP contribution in [0.1, 0.15) is 18.4 Å². The molecule has 2 aromatic heterocycles. The van der Waals surface area contributed by atoms with Gasteiger partial charge in [0.05, 0.1) is 11.6 Å². The van der Waals surface area contributed by atoms with Crippen LogP contribution in [0.2, 0.25) is 0 Å². The molecule has 26 heavy (non-hydrogen) atoms. The Bertz CT molecular complexity index is 1040. The molecular weight excluding hydrogens is 352 g/mol. The molecule has 1 aliphatic heterocycles. The number of carboxylic acid groups (broad SMARTS) is 1. The minimum Gasteiger partial charge on any atom is -0.481 e. The lowest BCUT2D eigenvalue weighted by Gasteiger charge is -2.29. The first-order chi connectivity index (χ1) is 12.5.